The zero-order valence-electron chi connectivity index (χ0n) is 7.90. The molecule has 1 aromatic carbocycles. The quantitative estimate of drug-likeness (QED) is 0.697. The Morgan fingerprint density at radius 1 is 1.14 bits per heavy atom. The number of hydrogen-bond acceptors (Lipinski definition) is 2. The second-order valence-electron chi connectivity index (χ2n) is 3.28. The van der Waals surface area contributed by atoms with Crippen molar-refractivity contribution in [3.8, 4) is 5.75 Å². The van der Waals surface area contributed by atoms with Crippen LogP contribution in [0.4, 0.5) is 5.69 Å². The molecule has 1 aromatic rings. The first kappa shape index (κ1) is 8.88. The maximum Gasteiger partial charge on any atom is 0.139 e. The van der Waals surface area contributed by atoms with Gasteiger partial charge in [0.25, 0.3) is 0 Å². The monoisotopic (exact) mass is 187 g/mol. The third-order valence-electron chi connectivity index (χ3n) is 2.18. The van der Waals surface area contributed by atoms with Gasteiger partial charge >= 0.3 is 0 Å². The van der Waals surface area contributed by atoms with Crippen molar-refractivity contribution in [3.63, 3.8) is 0 Å². The van der Waals surface area contributed by atoms with Gasteiger partial charge in [0, 0.05) is 5.70 Å². The van der Waals surface area contributed by atoms with Gasteiger partial charge < -0.3 is 10.4 Å². The number of phenols is 1. The molecule has 0 saturated heterocycles. The molecule has 2 rings (SSSR count). The SMILES string of the molecule is Oc1ccccc1NC1=CCCC=C1. The molecule has 72 valence electrons. The van der Waals surface area contributed by atoms with Crippen LogP contribution in [-0.2, 0) is 0 Å². The van der Waals surface area contributed by atoms with Crippen LogP contribution in [0, 0.1) is 0 Å². The van der Waals surface area contributed by atoms with Crippen LogP contribution in [0.2, 0.25) is 0 Å². The molecule has 2 nitrogen and oxygen atoms in total. The average Bonchev–Trinajstić information content (AvgIpc) is 2.23. The molecular weight excluding hydrogens is 174 g/mol. The van der Waals surface area contributed by atoms with Gasteiger partial charge in [0.1, 0.15) is 5.75 Å². The topological polar surface area (TPSA) is 32.3 Å². The summed E-state index contributed by atoms with van der Waals surface area (Å²) in [6.07, 6.45) is 8.46. The van der Waals surface area contributed by atoms with E-state index in [0.29, 0.717) is 0 Å². The van der Waals surface area contributed by atoms with E-state index in [1.54, 1.807) is 6.07 Å². The van der Waals surface area contributed by atoms with Gasteiger partial charge in [-0.2, -0.15) is 0 Å². The standard InChI is InChI=1S/C12H13NO/c14-12-9-5-4-8-11(12)13-10-6-2-1-3-7-10/h2,4-9,13-14H,1,3H2. The zero-order valence-corrected chi connectivity index (χ0v) is 7.90. The summed E-state index contributed by atoms with van der Waals surface area (Å²) in [6.45, 7) is 0. The van der Waals surface area contributed by atoms with E-state index in [-0.39, 0.29) is 5.75 Å². The van der Waals surface area contributed by atoms with E-state index >= 15 is 0 Å². The Morgan fingerprint density at radius 2 is 2.00 bits per heavy atom. The molecule has 0 heterocycles. The van der Waals surface area contributed by atoms with Crippen LogP contribution in [0.5, 0.6) is 5.75 Å². The van der Waals surface area contributed by atoms with E-state index in [9.17, 15) is 5.11 Å². The Kier molecular flexibility index (Phi) is 2.54. The second kappa shape index (κ2) is 4.01. The Bertz CT molecular complexity index is 380. The van der Waals surface area contributed by atoms with E-state index in [4.69, 9.17) is 0 Å². The first-order chi connectivity index (χ1) is 6.86. The number of aromatic hydroxyl groups is 1. The zero-order chi connectivity index (χ0) is 9.80. The van der Waals surface area contributed by atoms with Crippen LogP contribution in [0.3, 0.4) is 0 Å². The fourth-order valence-corrected chi connectivity index (χ4v) is 1.44. The largest absolute Gasteiger partial charge is 0.506 e. The summed E-state index contributed by atoms with van der Waals surface area (Å²) in [7, 11) is 0. The van der Waals surface area contributed by atoms with E-state index in [1.165, 1.54) is 0 Å². The smallest absolute Gasteiger partial charge is 0.139 e. The van der Waals surface area contributed by atoms with Crippen LogP contribution in [0.1, 0.15) is 12.8 Å². The van der Waals surface area contributed by atoms with Gasteiger partial charge in [0.05, 0.1) is 5.69 Å². The summed E-state index contributed by atoms with van der Waals surface area (Å²) in [5.41, 5.74) is 1.81. The van der Waals surface area contributed by atoms with Gasteiger partial charge in [-0.15, -0.1) is 0 Å². The van der Waals surface area contributed by atoms with Gasteiger partial charge in [0.2, 0.25) is 0 Å². The lowest BCUT2D eigenvalue weighted by Crippen LogP contribution is -1.98. The van der Waals surface area contributed by atoms with E-state index in [2.05, 4.69) is 17.5 Å². The minimum Gasteiger partial charge on any atom is -0.506 e. The Hall–Kier alpha value is -1.70. The van der Waals surface area contributed by atoms with Crippen molar-refractivity contribution in [1.82, 2.24) is 0 Å². The molecule has 0 spiro atoms. The van der Waals surface area contributed by atoms with E-state index < -0.39 is 0 Å². The third-order valence-corrected chi connectivity index (χ3v) is 2.18. The first-order valence-corrected chi connectivity index (χ1v) is 4.78. The third kappa shape index (κ3) is 1.96. The minimum atomic E-state index is 0.285. The fraction of sp³-hybridized carbons (Fsp3) is 0.167. The highest BCUT2D eigenvalue weighted by Crippen LogP contribution is 2.24. The number of anilines is 1. The summed E-state index contributed by atoms with van der Waals surface area (Å²) < 4.78 is 0. The van der Waals surface area contributed by atoms with Gasteiger partial charge in [-0.3, -0.25) is 0 Å². The van der Waals surface area contributed by atoms with Crippen LogP contribution < -0.4 is 5.32 Å². The van der Waals surface area contributed by atoms with Gasteiger partial charge in [0.15, 0.2) is 0 Å². The average molecular weight is 187 g/mol. The summed E-state index contributed by atoms with van der Waals surface area (Å²) in [4.78, 5) is 0. The number of nitrogens with one attached hydrogen (secondary N) is 1. The maximum atomic E-state index is 9.53. The van der Waals surface area contributed by atoms with Crippen molar-refractivity contribution in [1.29, 1.82) is 0 Å². The van der Waals surface area contributed by atoms with Crippen molar-refractivity contribution in [2.75, 3.05) is 5.32 Å². The molecule has 2 N–H and O–H groups in total. The molecule has 0 atom stereocenters. The van der Waals surface area contributed by atoms with Crippen molar-refractivity contribution >= 4 is 5.69 Å². The highest BCUT2D eigenvalue weighted by Gasteiger charge is 2.01. The molecule has 1 aliphatic carbocycles. The summed E-state index contributed by atoms with van der Waals surface area (Å²) in [5, 5.41) is 12.7. The van der Waals surface area contributed by atoms with E-state index in [1.807, 2.05) is 24.3 Å². The fourth-order valence-electron chi connectivity index (χ4n) is 1.44. The second-order valence-corrected chi connectivity index (χ2v) is 3.28. The van der Waals surface area contributed by atoms with Crippen molar-refractivity contribution < 1.29 is 5.11 Å². The Morgan fingerprint density at radius 3 is 2.71 bits per heavy atom. The normalized spacial score (nSPS) is 15.0. The lowest BCUT2D eigenvalue weighted by molar-refractivity contribution is 0.477. The summed E-state index contributed by atoms with van der Waals surface area (Å²) >= 11 is 0. The number of para-hydroxylation sites is 2. The molecule has 0 fully saturated rings. The van der Waals surface area contributed by atoms with Crippen LogP contribution >= 0.6 is 0 Å². The van der Waals surface area contributed by atoms with Crippen LogP contribution in [0.25, 0.3) is 0 Å². The van der Waals surface area contributed by atoms with E-state index in [0.717, 1.165) is 24.2 Å². The molecule has 14 heavy (non-hydrogen) atoms. The number of rotatable bonds is 2. The Balaban J connectivity index is 2.14. The number of allylic oxidation sites excluding steroid dienone is 3. The van der Waals surface area contributed by atoms with Crippen molar-refractivity contribution in [2.24, 2.45) is 0 Å². The van der Waals surface area contributed by atoms with Gasteiger partial charge in [-0.25, -0.2) is 0 Å². The molecule has 0 aromatic heterocycles. The highest BCUT2D eigenvalue weighted by atomic mass is 16.3. The predicted octanol–water partition coefficient (Wildman–Crippen LogP) is 3.04. The van der Waals surface area contributed by atoms with Gasteiger partial charge in [-0.1, -0.05) is 24.3 Å². The molecular formula is C12H13NO. The van der Waals surface area contributed by atoms with Gasteiger partial charge in [-0.05, 0) is 31.1 Å². The predicted molar refractivity (Wildman–Crippen MR) is 58.2 cm³/mol. The number of phenolic OH excluding ortho intramolecular Hbond substituents is 1. The molecule has 0 bridgehead atoms. The minimum absolute atomic E-state index is 0.285. The molecule has 0 aliphatic heterocycles. The Labute approximate surface area is 83.6 Å². The highest BCUT2D eigenvalue weighted by molar-refractivity contribution is 5.60. The maximum absolute atomic E-state index is 9.53. The summed E-state index contributed by atoms with van der Waals surface area (Å²) in [5.74, 6) is 0.285. The number of benzene rings is 1. The first-order valence-electron chi connectivity index (χ1n) is 4.78. The molecule has 1 aliphatic rings. The summed E-state index contributed by atoms with van der Waals surface area (Å²) in [6, 6.07) is 7.24. The lowest BCUT2D eigenvalue weighted by atomic mass is 10.1. The van der Waals surface area contributed by atoms with Crippen LogP contribution in [0.15, 0.2) is 48.2 Å². The lowest BCUT2D eigenvalue weighted by Gasteiger charge is -2.11. The molecule has 0 radical (unpaired) electrons. The molecule has 2 heteroatoms. The molecule has 0 amide bonds. The van der Waals surface area contributed by atoms with Crippen molar-refractivity contribution in [2.45, 2.75) is 12.8 Å². The molecule has 0 saturated carbocycles. The van der Waals surface area contributed by atoms with Crippen molar-refractivity contribution in [3.05, 3.63) is 48.2 Å². The number of hydrogen-bond donors (Lipinski definition) is 2. The molecule has 0 unspecified atom stereocenters. The van der Waals surface area contributed by atoms with Crippen LogP contribution in [-0.4, -0.2) is 5.11 Å².